The minimum absolute atomic E-state index is 0. The summed E-state index contributed by atoms with van der Waals surface area (Å²) < 4.78 is 5.51. The molecule has 0 aromatic heterocycles. The van der Waals surface area contributed by atoms with Crippen LogP contribution < -0.4 is 16.8 Å². The Morgan fingerprint density at radius 2 is 1.53 bits per heavy atom. The van der Waals surface area contributed by atoms with Crippen LogP contribution in [0.1, 0.15) is 0 Å². The molecule has 0 radical (unpaired) electrons. The predicted octanol–water partition coefficient (Wildman–Crippen LogP) is -0.539. The summed E-state index contributed by atoms with van der Waals surface area (Å²) in [6.45, 7) is 12.0. The number of hydrogen-bond acceptors (Lipinski definition) is 4. The van der Waals surface area contributed by atoms with Crippen molar-refractivity contribution in [3.05, 3.63) is 0 Å². The molecule has 0 aromatic carbocycles. The largest absolute Gasteiger partial charge is 0.461 e. The molecule has 0 saturated heterocycles. The molecule has 0 aromatic rings. The van der Waals surface area contributed by atoms with Crippen LogP contribution in [0.15, 0.2) is 0 Å². The molecular formula is C8H27N3OPtSi2. The van der Waals surface area contributed by atoms with Crippen LogP contribution in [0.2, 0.25) is 26.2 Å². The maximum atomic E-state index is 5.51. The second kappa shape index (κ2) is 15.0. The van der Waals surface area contributed by atoms with Crippen LogP contribution in [0.3, 0.4) is 0 Å². The fourth-order valence-electron chi connectivity index (χ4n) is 0.762. The summed E-state index contributed by atoms with van der Waals surface area (Å²) in [5, 5.41) is 3.03. The predicted molar refractivity (Wildman–Crippen MR) is 69.8 cm³/mol. The molecule has 0 aliphatic rings. The molecule has 15 heavy (non-hydrogen) atoms. The first-order chi connectivity index (χ1) is 6.47. The van der Waals surface area contributed by atoms with Crippen LogP contribution in [-0.2, 0) is 25.2 Å². The van der Waals surface area contributed by atoms with Crippen molar-refractivity contribution in [3.63, 3.8) is 0 Å². The van der Waals surface area contributed by atoms with Gasteiger partial charge in [0.05, 0.1) is 0 Å². The summed E-state index contributed by atoms with van der Waals surface area (Å²) in [6.07, 6.45) is 0. The molecule has 0 fully saturated rings. The second-order valence-corrected chi connectivity index (χ2v) is 9.83. The van der Waals surface area contributed by atoms with Crippen molar-refractivity contribution in [2.75, 3.05) is 26.2 Å². The molecule has 0 amide bonds. The molecule has 0 aliphatic carbocycles. The second-order valence-electron chi connectivity index (χ2n) is 3.87. The average molecular weight is 433 g/mol. The van der Waals surface area contributed by atoms with Crippen LogP contribution in [-0.4, -0.2) is 44.3 Å². The van der Waals surface area contributed by atoms with E-state index in [-0.39, 0.29) is 30.8 Å². The molecule has 0 unspecified atom stereocenters. The van der Waals surface area contributed by atoms with Crippen LogP contribution in [0, 0.1) is 0 Å². The normalized spacial score (nSPS) is 10.8. The van der Waals surface area contributed by atoms with Crippen molar-refractivity contribution in [3.8, 4) is 0 Å². The third kappa shape index (κ3) is 31.3. The molecule has 0 bridgehead atoms. The molecule has 5 N–H and O–H groups in total. The summed E-state index contributed by atoms with van der Waals surface area (Å²) in [5.74, 6) is 0. The Hall–Kier alpha value is 0.962. The molecule has 0 spiro atoms. The van der Waals surface area contributed by atoms with E-state index in [0.717, 1.165) is 13.1 Å². The van der Waals surface area contributed by atoms with Gasteiger partial charge in [-0.2, -0.15) is 0 Å². The Morgan fingerprint density at radius 3 is 1.67 bits per heavy atom. The Balaban J connectivity index is -0.000000180. The SMILES string of the molecule is C[SiH2]O[Si](C)(C)C.NCCNCCN.[Pt]. The molecule has 0 saturated carbocycles. The van der Waals surface area contributed by atoms with Gasteiger partial charge in [0.15, 0.2) is 8.32 Å². The van der Waals surface area contributed by atoms with E-state index < -0.39 is 8.32 Å². The zero-order chi connectivity index (χ0) is 11.4. The first-order valence-corrected chi connectivity index (χ1v) is 10.6. The van der Waals surface area contributed by atoms with Crippen molar-refractivity contribution in [1.82, 2.24) is 5.32 Å². The third-order valence-corrected chi connectivity index (χ3v) is 5.84. The maximum Gasteiger partial charge on any atom is 0.169 e. The number of rotatable bonds is 6. The van der Waals surface area contributed by atoms with Gasteiger partial charge in [-0.3, -0.25) is 0 Å². The summed E-state index contributed by atoms with van der Waals surface area (Å²) >= 11 is 0. The van der Waals surface area contributed by atoms with Crippen molar-refractivity contribution in [1.29, 1.82) is 0 Å². The first kappa shape index (κ1) is 21.3. The van der Waals surface area contributed by atoms with Gasteiger partial charge in [0.25, 0.3) is 0 Å². The maximum absolute atomic E-state index is 5.51. The van der Waals surface area contributed by atoms with E-state index in [1.807, 2.05) is 0 Å². The molecule has 0 atom stereocenters. The molecule has 0 aliphatic heterocycles. The van der Waals surface area contributed by atoms with Crippen molar-refractivity contribution in [2.45, 2.75) is 26.2 Å². The van der Waals surface area contributed by atoms with E-state index in [4.69, 9.17) is 15.6 Å². The summed E-state index contributed by atoms with van der Waals surface area (Å²) in [6, 6.07) is 0. The van der Waals surface area contributed by atoms with Crippen LogP contribution in [0.5, 0.6) is 0 Å². The van der Waals surface area contributed by atoms with E-state index >= 15 is 0 Å². The minimum atomic E-state index is -1.10. The standard InChI is InChI=1S/C4H13N3.C4H14OSi2.Pt/c5-1-3-7-4-2-6;1-6-5-7(2,3)4;/h7H,1-6H2;6H2,1-4H3;. The average Bonchev–Trinajstić information content (AvgIpc) is 2.04. The summed E-state index contributed by atoms with van der Waals surface area (Å²) in [4.78, 5) is 0. The van der Waals surface area contributed by atoms with E-state index in [1.54, 1.807) is 0 Å². The van der Waals surface area contributed by atoms with Crippen molar-refractivity contribution >= 4 is 18.1 Å². The van der Waals surface area contributed by atoms with E-state index in [2.05, 4.69) is 31.5 Å². The van der Waals surface area contributed by atoms with Crippen LogP contribution >= 0.6 is 0 Å². The van der Waals surface area contributed by atoms with Gasteiger partial charge in [0, 0.05) is 47.2 Å². The third-order valence-electron chi connectivity index (χ3n) is 1.22. The fraction of sp³-hybridized carbons (Fsp3) is 1.00. The van der Waals surface area contributed by atoms with Gasteiger partial charge in [0.1, 0.15) is 9.76 Å². The van der Waals surface area contributed by atoms with Gasteiger partial charge >= 0.3 is 0 Å². The Kier molecular flexibility index (Phi) is 21.2. The molecule has 0 rings (SSSR count). The quantitative estimate of drug-likeness (QED) is 0.390. The Morgan fingerprint density at radius 1 is 1.13 bits per heavy atom. The van der Waals surface area contributed by atoms with Gasteiger partial charge in [0.2, 0.25) is 0 Å². The Bertz CT molecular complexity index is 111. The molecule has 98 valence electrons. The molecule has 4 nitrogen and oxygen atoms in total. The van der Waals surface area contributed by atoms with Gasteiger partial charge < -0.3 is 20.9 Å². The molecule has 0 heterocycles. The molecular weight excluding hydrogens is 405 g/mol. The van der Waals surface area contributed by atoms with Crippen LogP contribution in [0.4, 0.5) is 0 Å². The van der Waals surface area contributed by atoms with Gasteiger partial charge in [-0.25, -0.2) is 0 Å². The fourth-order valence-corrected chi connectivity index (χ4v) is 4.23. The number of nitrogens with two attached hydrogens (primary N) is 2. The van der Waals surface area contributed by atoms with E-state index in [9.17, 15) is 0 Å². The topological polar surface area (TPSA) is 73.3 Å². The summed E-state index contributed by atoms with van der Waals surface area (Å²) in [7, 11) is -1.22. The van der Waals surface area contributed by atoms with E-state index in [0.29, 0.717) is 13.1 Å². The monoisotopic (exact) mass is 432 g/mol. The number of hydrogen-bond donors (Lipinski definition) is 3. The minimum Gasteiger partial charge on any atom is -0.461 e. The molecule has 7 heteroatoms. The van der Waals surface area contributed by atoms with Crippen molar-refractivity contribution < 1.29 is 25.2 Å². The van der Waals surface area contributed by atoms with Crippen LogP contribution in [0.25, 0.3) is 0 Å². The smallest absolute Gasteiger partial charge is 0.169 e. The van der Waals surface area contributed by atoms with Gasteiger partial charge in [-0.1, -0.05) is 6.55 Å². The Labute approximate surface area is 112 Å². The zero-order valence-corrected chi connectivity index (χ0v) is 15.1. The van der Waals surface area contributed by atoms with E-state index in [1.165, 1.54) is 0 Å². The zero-order valence-electron chi connectivity index (χ0n) is 10.4. The summed E-state index contributed by atoms with van der Waals surface area (Å²) in [5.41, 5.74) is 10.3. The van der Waals surface area contributed by atoms with Gasteiger partial charge in [-0.05, 0) is 19.6 Å². The first-order valence-electron chi connectivity index (χ1n) is 5.22. The van der Waals surface area contributed by atoms with Crippen molar-refractivity contribution in [2.24, 2.45) is 11.5 Å². The number of nitrogens with one attached hydrogen (secondary N) is 1. The van der Waals surface area contributed by atoms with Gasteiger partial charge in [-0.15, -0.1) is 0 Å².